The third-order valence-electron chi connectivity index (χ3n) is 7.17. The van der Waals surface area contributed by atoms with Gasteiger partial charge in [-0.25, -0.2) is 9.78 Å². The lowest BCUT2D eigenvalue weighted by molar-refractivity contribution is -0.135. The number of allylic oxidation sites excluding steroid dienone is 1. The van der Waals surface area contributed by atoms with Gasteiger partial charge < -0.3 is 31.6 Å². The lowest BCUT2D eigenvalue weighted by Gasteiger charge is -2.51. The van der Waals surface area contributed by atoms with Gasteiger partial charge >= 0.3 is 5.97 Å². The SMILES string of the molecule is Nc1nc(/C(=N/O)C(=O)N[C@@H]2CN3C(C(=O)O)=C(/C=C4\CCN(CC5CCNCC5)C4)CS[C@H]23)cs1. The van der Waals surface area contributed by atoms with Crippen molar-refractivity contribution < 1.29 is 19.9 Å². The Bertz CT molecular complexity index is 1110. The molecular formula is C23H31N7O4S2. The second kappa shape index (κ2) is 10.8. The van der Waals surface area contributed by atoms with Crippen molar-refractivity contribution >= 4 is 45.8 Å². The van der Waals surface area contributed by atoms with Crippen LogP contribution in [0.2, 0.25) is 0 Å². The van der Waals surface area contributed by atoms with Gasteiger partial charge in [0.1, 0.15) is 11.4 Å². The molecule has 0 aromatic carbocycles. The lowest BCUT2D eigenvalue weighted by Crippen LogP contribution is -2.67. The molecule has 0 aliphatic carbocycles. The van der Waals surface area contributed by atoms with E-state index < -0.39 is 11.9 Å². The molecular weight excluding hydrogens is 502 g/mol. The second-order valence-electron chi connectivity index (χ2n) is 9.61. The fourth-order valence-corrected chi connectivity index (χ4v) is 7.24. The summed E-state index contributed by atoms with van der Waals surface area (Å²) in [5, 5.41) is 30.3. The smallest absolute Gasteiger partial charge is 0.352 e. The fraction of sp³-hybridized carbons (Fsp3) is 0.565. The van der Waals surface area contributed by atoms with Gasteiger partial charge in [-0.1, -0.05) is 16.8 Å². The molecule has 4 aliphatic rings. The number of hydrogen-bond acceptors (Lipinski definition) is 11. The molecule has 0 bridgehead atoms. The number of nitrogens with zero attached hydrogens (tertiary/aromatic N) is 4. The van der Waals surface area contributed by atoms with Crippen molar-refractivity contribution in [3.63, 3.8) is 0 Å². The van der Waals surface area contributed by atoms with Crippen LogP contribution in [0.1, 0.15) is 25.0 Å². The van der Waals surface area contributed by atoms with Crippen LogP contribution in [0.4, 0.5) is 5.13 Å². The summed E-state index contributed by atoms with van der Waals surface area (Å²) in [5.41, 5.74) is 8.05. The van der Waals surface area contributed by atoms with Crippen LogP contribution in [0.15, 0.2) is 33.5 Å². The molecule has 194 valence electrons. The fourth-order valence-electron chi connectivity index (χ4n) is 5.37. The van der Waals surface area contributed by atoms with Gasteiger partial charge in [-0.2, -0.15) is 0 Å². The molecule has 0 unspecified atom stereocenters. The molecule has 1 aromatic heterocycles. The summed E-state index contributed by atoms with van der Waals surface area (Å²) >= 11 is 2.76. The van der Waals surface area contributed by atoms with Crippen molar-refractivity contribution in [2.45, 2.75) is 30.7 Å². The predicted octanol–water partition coefficient (Wildman–Crippen LogP) is 0.747. The number of piperidine rings is 1. The van der Waals surface area contributed by atoms with Crippen molar-refractivity contribution in [2.75, 3.05) is 50.8 Å². The van der Waals surface area contributed by atoms with Crippen LogP contribution in [-0.2, 0) is 9.59 Å². The molecule has 36 heavy (non-hydrogen) atoms. The third kappa shape index (κ3) is 5.24. The van der Waals surface area contributed by atoms with Crippen LogP contribution in [0.25, 0.3) is 0 Å². The van der Waals surface area contributed by atoms with E-state index in [1.807, 2.05) is 4.90 Å². The van der Waals surface area contributed by atoms with Gasteiger partial charge in [-0.15, -0.1) is 23.1 Å². The average Bonchev–Trinajstić information content (AvgIpc) is 3.47. The van der Waals surface area contributed by atoms with Crippen LogP contribution in [0.5, 0.6) is 0 Å². The first-order valence-corrected chi connectivity index (χ1v) is 14.1. The molecule has 1 amide bonds. The first kappa shape index (κ1) is 25.1. The molecule has 5 heterocycles. The van der Waals surface area contributed by atoms with Gasteiger partial charge in [-0.05, 0) is 43.8 Å². The number of likely N-dealkylation sites (tertiary alicyclic amines) is 1. The Hall–Kier alpha value is -2.61. The van der Waals surface area contributed by atoms with E-state index in [9.17, 15) is 19.9 Å². The average molecular weight is 534 g/mol. The number of nitrogens with one attached hydrogen (secondary N) is 2. The summed E-state index contributed by atoms with van der Waals surface area (Å²) in [6.07, 6.45) is 5.50. The first-order chi connectivity index (χ1) is 17.4. The number of fused-ring (bicyclic) bond motifs is 1. The molecule has 3 fully saturated rings. The van der Waals surface area contributed by atoms with Crippen molar-refractivity contribution in [3.05, 3.63) is 34.0 Å². The Kier molecular flexibility index (Phi) is 7.51. The zero-order chi connectivity index (χ0) is 25.2. The molecule has 11 nitrogen and oxygen atoms in total. The van der Waals surface area contributed by atoms with Crippen LogP contribution in [0, 0.1) is 5.92 Å². The van der Waals surface area contributed by atoms with Crippen molar-refractivity contribution in [1.82, 2.24) is 25.4 Å². The number of oxime groups is 1. The molecule has 3 saturated heterocycles. The molecule has 4 aliphatic heterocycles. The standard InChI is InChI=1S/C23H31N7O4S2/c24-23-27-17(12-36-23)18(28-34)20(31)26-16-10-30-19(22(32)33)15(11-35-21(16)30)7-14-3-6-29(9-14)8-13-1-4-25-5-2-13/h7,12-13,16,21,25,34H,1-6,8-11H2,(H2,24,27)(H,26,31)(H,32,33)/b14-7+,28-18-/t16-,21-/m1/s1. The minimum Gasteiger partial charge on any atom is -0.477 e. The van der Waals surface area contributed by atoms with Crippen LogP contribution < -0.4 is 16.4 Å². The Morgan fingerprint density at radius 3 is 2.86 bits per heavy atom. The Morgan fingerprint density at radius 1 is 1.36 bits per heavy atom. The largest absolute Gasteiger partial charge is 0.477 e. The maximum absolute atomic E-state index is 12.7. The van der Waals surface area contributed by atoms with Gasteiger partial charge in [0.25, 0.3) is 5.91 Å². The molecule has 1 aromatic rings. The van der Waals surface area contributed by atoms with E-state index in [1.54, 1.807) is 17.1 Å². The molecule has 0 radical (unpaired) electrons. The summed E-state index contributed by atoms with van der Waals surface area (Å²) in [6.45, 7) is 5.60. The summed E-state index contributed by atoms with van der Waals surface area (Å²) in [5.74, 6) is -0.210. The number of thioether (sulfide) groups is 1. The minimum absolute atomic E-state index is 0.192. The number of anilines is 1. The molecule has 0 saturated carbocycles. The number of carbonyl (C=O) groups excluding carboxylic acids is 1. The van der Waals surface area contributed by atoms with Crippen molar-refractivity contribution in [2.24, 2.45) is 11.1 Å². The Morgan fingerprint density at radius 2 is 2.17 bits per heavy atom. The second-order valence-corrected chi connectivity index (χ2v) is 11.6. The number of aliphatic carboxylic acids is 1. The van der Waals surface area contributed by atoms with Gasteiger partial charge in [0.15, 0.2) is 10.8 Å². The highest BCUT2D eigenvalue weighted by Gasteiger charge is 2.47. The number of rotatable bonds is 7. The topological polar surface area (TPSA) is 156 Å². The molecule has 2 atom stereocenters. The number of hydrogen-bond donors (Lipinski definition) is 5. The summed E-state index contributed by atoms with van der Waals surface area (Å²) in [6, 6.07) is -0.272. The first-order valence-electron chi connectivity index (χ1n) is 12.1. The number of carboxylic acids is 1. The summed E-state index contributed by atoms with van der Waals surface area (Å²) in [4.78, 5) is 33.2. The van der Waals surface area contributed by atoms with E-state index in [2.05, 4.69) is 31.7 Å². The molecule has 5 rings (SSSR count). The number of aromatic nitrogens is 1. The molecule has 6 N–H and O–H groups in total. The van der Waals surface area contributed by atoms with E-state index in [1.165, 1.54) is 18.4 Å². The number of nitrogen functional groups attached to an aromatic ring is 1. The maximum Gasteiger partial charge on any atom is 0.352 e. The van der Waals surface area contributed by atoms with E-state index in [0.717, 1.165) is 62.0 Å². The van der Waals surface area contributed by atoms with E-state index in [0.29, 0.717) is 18.0 Å². The van der Waals surface area contributed by atoms with E-state index in [4.69, 9.17) is 5.73 Å². The highest BCUT2D eigenvalue weighted by Crippen LogP contribution is 2.40. The van der Waals surface area contributed by atoms with E-state index in [-0.39, 0.29) is 28.0 Å². The Labute approximate surface area is 217 Å². The van der Waals surface area contributed by atoms with E-state index >= 15 is 0 Å². The van der Waals surface area contributed by atoms with Gasteiger partial charge in [0, 0.05) is 37.3 Å². The number of carbonyl (C=O) groups is 2. The van der Waals surface area contributed by atoms with Crippen LogP contribution in [-0.4, -0.2) is 99.1 Å². The number of nitrogens with two attached hydrogens (primary N) is 1. The zero-order valence-corrected chi connectivity index (χ0v) is 21.5. The number of carboxylic acid groups (broad SMARTS) is 1. The zero-order valence-electron chi connectivity index (χ0n) is 19.9. The highest BCUT2D eigenvalue weighted by molar-refractivity contribution is 8.00. The van der Waals surface area contributed by atoms with Crippen LogP contribution >= 0.6 is 23.1 Å². The maximum atomic E-state index is 12.7. The quantitative estimate of drug-likeness (QED) is 0.192. The third-order valence-corrected chi connectivity index (χ3v) is 9.25. The highest BCUT2D eigenvalue weighted by atomic mass is 32.2. The monoisotopic (exact) mass is 533 g/mol. The minimum atomic E-state index is -0.947. The lowest BCUT2D eigenvalue weighted by atomic mass is 9.98. The predicted molar refractivity (Wildman–Crippen MR) is 139 cm³/mol. The number of thiazole rings is 1. The van der Waals surface area contributed by atoms with Crippen molar-refractivity contribution in [1.29, 1.82) is 0 Å². The number of amides is 1. The summed E-state index contributed by atoms with van der Waals surface area (Å²) in [7, 11) is 0. The van der Waals surface area contributed by atoms with Crippen molar-refractivity contribution in [3.8, 4) is 0 Å². The van der Waals surface area contributed by atoms with Gasteiger partial charge in [-0.3, -0.25) is 9.69 Å². The van der Waals surface area contributed by atoms with Gasteiger partial charge in [0.2, 0.25) is 0 Å². The van der Waals surface area contributed by atoms with Gasteiger partial charge in [0.05, 0.1) is 11.4 Å². The molecule has 0 spiro atoms. The summed E-state index contributed by atoms with van der Waals surface area (Å²) < 4.78 is 0. The van der Waals surface area contributed by atoms with Crippen LogP contribution in [0.3, 0.4) is 0 Å². The Balaban J connectivity index is 1.22. The molecule has 13 heteroatoms. The normalized spacial score (nSPS) is 26.7.